The van der Waals surface area contributed by atoms with Gasteiger partial charge in [0, 0.05) is 6.20 Å². The SMILES string of the molecule is NC(=O)c1ccn(-c2ncc(N)cc2Cl)n1. The number of nitrogens with zero attached hydrogens (tertiary/aromatic N) is 3. The van der Waals surface area contributed by atoms with E-state index in [0.717, 1.165) is 0 Å². The van der Waals surface area contributed by atoms with E-state index in [9.17, 15) is 4.79 Å². The second kappa shape index (κ2) is 3.82. The number of hydrogen-bond acceptors (Lipinski definition) is 4. The molecule has 6 nitrogen and oxygen atoms in total. The van der Waals surface area contributed by atoms with Gasteiger partial charge in [0.15, 0.2) is 5.82 Å². The molecule has 0 aliphatic rings. The van der Waals surface area contributed by atoms with E-state index >= 15 is 0 Å². The standard InChI is InChI=1S/C9H8ClN5O/c10-6-3-5(11)4-13-9(6)15-2-1-7(14-15)8(12)16/h1-4H,11H2,(H2,12,16). The second-order valence-electron chi connectivity index (χ2n) is 3.08. The first kappa shape index (κ1) is 10.4. The zero-order valence-corrected chi connectivity index (χ0v) is 8.85. The molecule has 0 aliphatic heterocycles. The number of nitrogen functional groups attached to an aromatic ring is 1. The first-order valence-electron chi connectivity index (χ1n) is 4.35. The maximum Gasteiger partial charge on any atom is 0.269 e. The molecule has 0 aliphatic carbocycles. The van der Waals surface area contributed by atoms with Crippen molar-refractivity contribution in [3.8, 4) is 5.82 Å². The third-order valence-electron chi connectivity index (χ3n) is 1.90. The Morgan fingerprint density at radius 1 is 1.50 bits per heavy atom. The minimum atomic E-state index is -0.606. The molecule has 2 rings (SSSR count). The third-order valence-corrected chi connectivity index (χ3v) is 2.18. The Bertz CT molecular complexity index is 551. The monoisotopic (exact) mass is 237 g/mol. The fourth-order valence-corrected chi connectivity index (χ4v) is 1.45. The minimum Gasteiger partial charge on any atom is -0.397 e. The molecule has 82 valence electrons. The van der Waals surface area contributed by atoms with Gasteiger partial charge in [0.05, 0.1) is 16.9 Å². The molecule has 0 saturated heterocycles. The van der Waals surface area contributed by atoms with Gasteiger partial charge in [0.2, 0.25) is 0 Å². The van der Waals surface area contributed by atoms with Crippen LogP contribution in [0.1, 0.15) is 10.5 Å². The lowest BCUT2D eigenvalue weighted by Crippen LogP contribution is -2.12. The highest BCUT2D eigenvalue weighted by atomic mass is 35.5. The summed E-state index contributed by atoms with van der Waals surface area (Å²) in [5.74, 6) is -0.214. The number of halogens is 1. The lowest BCUT2D eigenvalue weighted by molar-refractivity contribution is 0.0995. The third kappa shape index (κ3) is 1.82. The summed E-state index contributed by atoms with van der Waals surface area (Å²) in [5, 5.41) is 4.27. The summed E-state index contributed by atoms with van der Waals surface area (Å²) in [6.45, 7) is 0. The summed E-state index contributed by atoms with van der Waals surface area (Å²) in [6.07, 6.45) is 3.00. The van der Waals surface area contributed by atoms with E-state index in [1.165, 1.54) is 16.9 Å². The summed E-state index contributed by atoms with van der Waals surface area (Å²) in [5.41, 5.74) is 11.2. The van der Waals surface area contributed by atoms with Crippen LogP contribution in [0.5, 0.6) is 0 Å². The average Bonchev–Trinajstić information content (AvgIpc) is 2.66. The molecule has 2 heterocycles. The van der Waals surface area contributed by atoms with Crippen LogP contribution in [0.25, 0.3) is 5.82 Å². The smallest absolute Gasteiger partial charge is 0.269 e. The lowest BCUT2D eigenvalue weighted by Gasteiger charge is -2.03. The molecule has 4 N–H and O–H groups in total. The molecular weight excluding hydrogens is 230 g/mol. The first-order chi connectivity index (χ1) is 7.58. The Kier molecular flexibility index (Phi) is 2.49. The largest absolute Gasteiger partial charge is 0.397 e. The molecule has 0 fully saturated rings. The molecule has 0 spiro atoms. The highest BCUT2D eigenvalue weighted by molar-refractivity contribution is 6.32. The first-order valence-corrected chi connectivity index (χ1v) is 4.72. The van der Waals surface area contributed by atoms with Crippen molar-refractivity contribution in [2.24, 2.45) is 5.73 Å². The number of pyridine rings is 1. The van der Waals surface area contributed by atoms with Crippen LogP contribution >= 0.6 is 11.6 Å². The maximum absolute atomic E-state index is 10.9. The predicted octanol–water partition coefficient (Wildman–Crippen LogP) is 0.602. The zero-order valence-electron chi connectivity index (χ0n) is 8.09. The van der Waals surface area contributed by atoms with E-state index in [2.05, 4.69) is 10.1 Å². The minimum absolute atomic E-state index is 0.148. The van der Waals surface area contributed by atoms with Crippen LogP contribution in [0.4, 0.5) is 5.69 Å². The van der Waals surface area contributed by atoms with Crippen molar-refractivity contribution in [3.05, 3.63) is 35.2 Å². The van der Waals surface area contributed by atoms with Gasteiger partial charge < -0.3 is 11.5 Å². The van der Waals surface area contributed by atoms with Crippen molar-refractivity contribution < 1.29 is 4.79 Å². The van der Waals surface area contributed by atoms with Crippen molar-refractivity contribution in [2.45, 2.75) is 0 Å². The van der Waals surface area contributed by atoms with Crippen LogP contribution in [0.3, 0.4) is 0 Å². The molecule has 2 aromatic heterocycles. The van der Waals surface area contributed by atoms with Crippen LogP contribution in [0.2, 0.25) is 5.02 Å². The number of nitrogens with two attached hydrogens (primary N) is 2. The van der Waals surface area contributed by atoms with Gasteiger partial charge in [-0.1, -0.05) is 11.6 Å². The van der Waals surface area contributed by atoms with E-state index in [4.69, 9.17) is 23.1 Å². The maximum atomic E-state index is 10.9. The number of hydrogen-bond donors (Lipinski definition) is 2. The molecule has 0 radical (unpaired) electrons. The Labute approximate surface area is 95.8 Å². The predicted molar refractivity (Wildman–Crippen MR) is 59.3 cm³/mol. The van der Waals surface area contributed by atoms with Crippen molar-refractivity contribution in [1.29, 1.82) is 0 Å². The van der Waals surface area contributed by atoms with Crippen LogP contribution in [0.15, 0.2) is 24.5 Å². The van der Waals surface area contributed by atoms with Crippen molar-refractivity contribution in [3.63, 3.8) is 0 Å². The van der Waals surface area contributed by atoms with Gasteiger partial charge in [-0.3, -0.25) is 4.79 Å². The van der Waals surface area contributed by atoms with E-state index in [1.54, 1.807) is 12.3 Å². The molecule has 2 aromatic rings. The van der Waals surface area contributed by atoms with Gasteiger partial charge in [0.1, 0.15) is 5.69 Å². The van der Waals surface area contributed by atoms with Crippen molar-refractivity contribution in [1.82, 2.24) is 14.8 Å². The van der Waals surface area contributed by atoms with Crippen molar-refractivity contribution in [2.75, 3.05) is 5.73 Å². The van der Waals surface area contributed by atoms with E-state index in [1.807, 2.05) is 0 Å². The van der Waals surface area contributed by atoms with E-state index < -0.39 is 5.91 Å². The second-order valence-corrected chi connectivity index (χ2v) is 3.49. The Balaban J connectivity index is 2.46. The van der Waals surface area contributed by atoms with Crippen LogP contribution in [0, 0.1) is 0 Å². The fraction of sp³-hybridized carbons (Fsp3) is 0. The average molecular weight is 238 g/mol. The number of aromatic nitrogens is 3. The summed E-state index contributed by atoms with van der Waals surface area (Å²) >= 11 is 5.93. The molecule has 0 atom stereocenters. The summed E-state index contributed by atoms with van der Waals surface area (Å²) in [4.78, 5) is 14.9. The quantitative estimate of drug-likeness (QED) is 0.799. The Morgan fingerprint density at radius 3 is 2.81 bits per heavy atom. The van der Waals surface area contributed by atoms with Crippen LogP contribution in [-0.2, 0) is 0 Å². The van der Waals surface area contributed by atoms with E-state index in [0.29, 0.717) is 16.5 Å². The highest BCUT2D eigenvalue weighted by Gasteiger charge is 2.09. The number of amides is 1. The topological polar surface area (TPSA) is 99.8 Å². The summed E-state index contributed by atoms with van der Waals surface area (Å²) in [7, 11) is 0. The zero-order chi connectivity index (χ0) is 11.7. The molecular formula is C9H8ClN5O. The van der Waals surface area contributed by atoms with Gasteiger partial charge in [0.25, 0.3) is 5.91 Å². The molecule has 0 unspecified atom stereocenters. The molecule has 0 aromatic carbocycles. The number of carbonyl (C=O) groups excluding carboxylic acids is 1. The normalized spacial score (nSPS) is 10.3. The lowest BCUT2D eigenvalue weighted by atomic mass is 10.4. The number of primary amides is 1. The molecule has 7 heteroatoms. The molecule has 0 bridgehead atoms. The molecule has 16 heavy (non-hydrogen) atoms. The molecule has 1 amide bonds. The van der Waals surface area contributed by atoms with Gasteiger partial charge in [-0.05, 0) is 12.1 Å². The molecule has 0 saturated carbocycles. The summed E-state index contributed by atoms with van der Waals surface area (Å²) in [6, 6.07) is 3.03. The van der Waals surface area contributed by atoms with Gasteiger partial charge in [-0.2, -0.15) is 5.10 Å². The highest BCUT2D eigenvalue weighted by Crippen LogP contribution is 2.19. The number of carbonyl (C=O) groups is 1. The van der Waals surface area contributed by atoms with E-state index in [-0.39, 0.29) is 5.69 Å². The summed E-state index contributed by atoms with van der Waals surface area (Å²) < 4.78 is 1.36. The number of rotatable bonds is 2. The van der Waals surface area contributed by atoms with Crippen molar-refractivity contribution >= 4 is 23.2 Å². The Morgan fingerprint density at radius 2 is 2.25 bits per heavy atom. The van der Waals surface area contributed by atoms with Gasteiger partial charge in [-0.25, -0.2) is 9.67 Å². The Hall–Kier alpha value is -2.08. The van der Waals surface area contributed by atoms with Crippen LogP contribution < -0.4 is 11.5 Å². The fourth-order valence-electron chi connectivity index (χ4n) is 1.19. The van der Waals surface area contributed by atoms with Gasteiger partial charge in [-0.15, -0.1) is 0 Å². The van der Waals surface area contributed by atoms with Crippen LogP contribution in [-0.4, -0.2) is 20.7 Å². The number of anilines is 1. The van der Waals surface area contributed by atoms with Gasteiger partial charge >= 0.3 is 0 Å².